The van der Waals surface area contributed by atoms with Gasteiger partial charge in [0.15, 0.2) is 0 Å². The highest BCUT2D eigenvalue weighted by atomic mass is 19.1. The van der Waals surface area contributed by atoms with Crippen LogP contribution in [0.2, 0.25) is 0 Å². The van der Waals surface area contributed by atoms with Crippen LogP contribution in [-0.2, 0) is 0 Å². The molecule has 2 aromatic carbocycles. The molecule has 148 valence electrons. The van der Waals surface area contributed by atoms with Crippen molar-refractivity contribution >= 4 is 17.6 Å². The zero-order valence-corrected chi connectivity index (χ0v) is 16.3. The lowest BCUT2D eigenvalue weighted by Gasteiger charge is -2.15. The first-order valence-corrected chi connectivity index (χ1v) is 9.04. The van der Waals surface area contributed by atoms with Gasteiger partial charge < -0.3 is 20.5 Å². The van der Waals surface area contributed by atoms with E-state index < -0.39 is 5.82 Å². The van der Waals surface area contributed by atoms with Crippen molar-refractivity contribution in [1.29, 1.82) is 0 Å². The molecule has 0 saturated carbocycles. The number of anilines is 3. The Hall–Kier alpha value is -3.29. The maximum atomic E-state index is 14.0. The molecule has 7 nitrogen and oxygen atoms in total. The molecular weight excluding hydrogens is 361 g/mol. The first-order valence-electron chi connectivity index (χ1n) is 9.04. The number of aromatic nitrogens is 3. The maximum absolute atomic E-state index is 14.0. The van der Waals surface area contributed by atoms with Crippen molar-refractivity contribution in [1.82, 2.24) is 14.8 Å². The van der Waals surface area contributed by atoms with Gasteiger partial charge in [-0.25, -0.2) is 4.39 Å². The second-order valence-corrected chi connectivity index (χ2v) is 6.81. The van der Waals surface area contributed by atoms with Crippen molar-refractivity contribution < 1.29 is 13.9 Å². The maximum Gasteiger partial charge on any atom is 0.248 e. The van der Waals surface area contributed by atoms with Crippen LogP contribution in [0.5, 0.6) is 11.5 Å². The molecule has 0 fully saturated rings. The molecule has 28 heavy (non-hydrogen) atoms. The van der Waals surface area contributed by atoms with E-state index in [9.17, 15) is 4.39 Å². The summed E-state index contributed by atoms with van der Waals surface area (Å²) >= 11 is 0. The van der Waals surface area contributed by atoms with Crippen molar-refractivity contribution in [3.05, 3.63) is 48.3 Å². The number of rotatable bonds is 7. The van der Waals surface area contributed by atoms with E-state index >= 15 is 0 Å². The highest BCUT2D eigenvalue weighted by molar-refractivity contribution is 5.60. The number of nitrogens with one attached hydrogen (secondary N) is 1. The van der Waals surface area contributed by atoms with Crippen molar-refractivity contribution in [2.75, 3.05) is 11.1 Å². The van der Waals surface area contributed by atoms with Crippen molar-refractivity contribution in [2.45, 2.75) is 39.9 Å². The van der Waals surface area contributed by atoms with E-state index in [0.717, 1.165) is 0 Å². The molecule has 0 saturated heterocycles. The van der Waals surface area contributed by atoms with Gasteiger partial charge in [-0.2, -0.15) is 9.67 Å². The number of ether oxygens (including phenoxy) is 2. The fourth-order valence-electron chi connectivity index (χ4n) is 2.63. The molecule has 0 amide bonds. The molecule has 3 N–H and O–H groups in total. The second-order valence-electron chi connectivity index (χ2n) is 6.81. The number of benzene rings is 2. The molecule has 0 spiro atoms. The molecule has 1 aromatic heterocycles. The first-order chi connectivity index (χ1) is 13.3. The number of hydrogen-bond acceptors (Lipinski definition) is 6. The van der Waals surface area contributed by atoms with Crippen LogP contribution in [0, 0.1) is 5.82 Å². The average Bonchev–Trinajstić information content (AvgIpc) is 2.93. The van der Waals surface area contributed by atoms with E-state index in [4.69, 9.17) is 15.2 Å². The van der Waals surface area contributed by atoms with Crippen molar-refractivity contribution in [3.63, 3.8) is 0 Å². The van der Waals surface area contributed by atoms with Gasteiger partial charge in [0.2, 0.25) is 11.9 Å². The summed E-state index contributed by atoms with van der Waals surface area (Å²) in [5.74, 6) is 1.17. The second kappa shape index (κ2) is 8.16. The Morgan fingerprint density at radius 1 is 1.00 bits per heavy atom. The Balaban J connectivity index is 1.91. The van der Waals surface area contributed by atoms with E-state index in [1.165, 1.54) is 10.7 Å². The van der Waals surface area contributed by atoms with Gasteiger partial charge in [0.1, 0.15) is 23.0 Å². The largest absolute Gasteiger partial charge is 0.491 e. The molecule has 0 atom stereocenters. The summed E-state index contributed by atoms with van der Waals surface area (Å²) in [6, 6.07) is 11.7. The lowest BCUT2D eigenvalue weighted by molar-refractivity contribution is 0.229. The molecule has 0 bridgehead atoms. The standard InChI is InChI=1S/C20H24FN5O2/c1-12(2)27-15-9-14(10-16(11-15)28-13(3)4)23-20-24-19(22)26(25-20)18-8-6-5-7-17(18)21/h5-13H,1-4H3,(H3,22,23,24,25). The summed E-state index contributed by atoms with van der Waals surface area (Å²) in [5, 5.41) is 7.34. The molecule has 0 aliphatic heterocycles. The predicted molar refractivity (Wildman–Crippen MR) is 107 cm³/mol. The predicted octanol–water partition coefficient (Wildman–Crippen LogP) is 4.31. The molecule has 0 unspecified atom stereocenters. The van der Waals surface area contributed by atoms with Gasteiger partial charge in [0, 0.05) is 23.9 Å². The van der Waals surface area contributed by atoms with Gasteiger partial charge in [0.05, 0.1) is 12.2 Å². The van der Waals surface area contributed by atoms with E-state index in [1.807, 2.05) is 45.9 Å². The molecule has 0 radical (unpaired) electrons. The normalized spacial score (nSPS) is 11.1. The van der Waals surface area contributed by atoms with E-state index in [0.29, 0.717) is 17.2 Å². The third-order valence-electron chi connectivity index (χ3n) is 3.59. The van der Waals surface area contributed by atoms with Crippen LogP contribution in [0.25, 0.3) is 5.69 Å². The molecule has 3 rings (SSSR count). The van der Waals surface area contributed by atoms with Crippen LogP contribution >= 0.6 is 0 Å². The number of nitrogens with zero attached hydrogens (tertiary/aromatic N) is 3. The number of halogens is 1. The van der Waals surface area contributed by atoms with Crippen molar-refractivity contribution in [3.8, 4) is 17.2 Å². The van der Waals surface area contributed by atoms with Gasteiger partial charge in [0.25, 0.3) is 0 Å². The number of nitrogen functional groups attached to an aromatic ring is 1. The smallest absolute Gasteiger partial charge is 0.248 e. The summed E-state index contributed by atoms with van der Waals surface area (Å²) in [7, 11) is 0. The zero-order chi connectivity index (χ0) is 20.3. The summed E-state index contributed by atoms with van der Waals surface area (Å²) in [6.45, 7) is 7.78. The first kappa shape index (κ1) is 19.5. The van der Waals surface area contributed by atoms with Crippen LogP contribution in [0.15, 0.2) is 42.5 Å². The quantitative estimate of drug-likeness (QED) is 0.630. The SMILES string of the molecule is CC(C)Oc1cc(Nc2nc(N)n(-c3ccccc3F)n2)cc(OC(C)C)c1. The van der Waals surface area contributed by atoms with E-state index in [-0.39, 0.29) is 29.8 Å². The lowest BCUT2D eigenvalue weighted by atomic mass is 10.2. The topological polar surface area (TPSA) is 87.2 Å². The van der Waals surface area contributed by atoms with Gasteiger partial charge >= 0.3 is 0 Å². The van der Waals surface area contributed by atoms with Gasteiger partial charge in [-0.05, 0) is 39.8 Å². The Morgan fingerprint density at radius 2 is 1.61 bits per heavy atom. The van der Waals surface area contributed by atoms with Crippen molar-refractivity contribution in [2.24, 2.45) is 0 Å². The minimum atomic E-state index is -0.439. The van der Waals surface area contributed by atoms with Crippen LogP contribution in [0.4, 0.5) is 22.0 Å². The minimum Gasteiger partial charge on any atom is -0.491 e. The number of para-hydroxylation sites is 1. The summed E-state index contributed by atoms with van der Waals surface area (Å²) in [5.41, 5.74) is 6.81. The van der Waals surface area contributed by atoms with Crippen LogP contribution in [-0.4, -0.2) is 27.0 Å². The third kappa shape index (κ3) is 4.70. The van der Waals surface area contributed by atoms with Gasteiger partial charge in [-0.15, -0.1) is 5.10 Å². The summed E-state index contributed by atoms with van der Waals surface area (Å²) < 4.78 is 26.9. The summed E-state index contributed by atoms with van der Waals surface area (Å²) in [6.07, 6.45) is 0.0207. The van der Waals surface area contributed by atoms with E-state index in [1.54, 1.807) is 18.2 Å². The zero-order valence-electron chi connectivity index (χ0n) is 16.3. The van der Waals surface area contributed by atoms with Crippen LogP contribution in [0.1, 0.15) is 27.7 Å². The molecule has 0 aliphatic rings. The van der Waals surface area contributed by atoms with Gasteiger partial charge in [-0.3, -0.25) is 0 Å². The highest BCUT2D eigenvalue weighted by Gasteiger charge is 2.13. The third-order valence-corrected chi connectivity index (χ3v) is 3.59. The number of nitrogens with two attached hydrogens (primary N) is 1. The monoisotopic (exact) mass is 385 g/mol. The minimum absolute atomic E-state index is 0.0104. The Bertz CT molecular complexity index is 927. The Labute approximate surface area is 163 Å². The Kier molecular flexibility index (Phi) is 5.67. The fraction of sp³-hybridized carbons (Fsp3) is 0.300. The fourth-order valence-corrected chi connectivity index (χ4v) is 2.63. The Morgan fingerprint density at radius 3 is 2.18 bits per heavy atom. The molecule has 3 aromatic rings. The van der Waals surface area contributed by atoms with Gasteiger partial charge in [-0.1, -0.05) is 12.1 Å². The number of hydrogen-bond donors (Lipinski definition) is 2. The van der Waals surface area contributed by atoms with Crippen LogP contribution < -0.4 is 20.5 Å². The molecular formula is C20H24FN5O2. The van der Waals surface area contributed by atoms with Crippen LogP contribution in [0.3, 0.4) is 0 Å². The highest BCUT2D eigenvalue weighted by Crippen LogP contribution is 2.29. The lowest BCUT2D eigenvalue weighted by Crippen LogP contribution is -2.08. The summed E-state index contributed by atoms with van der Waals surface area (Å²) in [4.78, 5) is 4.17. The molecule has 1 heterocycles. The molecule has 0 aliphatic carbocycles. The average molecular weight is 385 g/mol. The molecule has 8 heteroatoms. The van der Waals surface area contributed by atoms with E-state index in [2.05, 4.69) is 15.4 Å².